The highest BCUT2D eigenvalue weighted by Gasteiger charge is 2.21. The summed E-state index contributed by atoms with van der Waals surface area (Å²) in [6.07, 6.45) is 9.52. The number of hydrogen-bond acceptors (Lipinski definition) is 1. The number of benzene rings is 1. The summed E-state index contributed by atoms with van der Waals surface area (Å²) in [4.78, 5) is 0. The van der Waals surface area contributed by atoms with Gasteiger partial charge in [0.25, 0.3) is 0 Å². The van der Waals surface area contributed by atoms with Crippen LogP contribution in [0.2, 0.25) is 5.02 Å². The van der Waals surface area contributed by atoms with Crippen molar-refractivity contribution in [2.24, 2.45) is 5.92 Å². The molecule has 1 aliphatic carbocycles. The molecule has 1 unspecified atom stereocenters. The first-order chi connectivity index (χ1) is 9.72. The van der Waals surface area contributed by atoms with Gasteiger partial charge in [0.1, 0.15) is 0 Å². The zero-order valence-corrected chi connectivity index (χ0v) is 13.7. The fraction of sp³-hybridized carbons (Fsp3) is 0.667. The van der Waals surface area contributed by atoms with E-state index in [0.717, 1.165) is 17.5 Å². The fourth-order valence-corrected chi connectivity index (χ4v) is 3.58. The standard InChI is InChI=1S/C18H28ClN/c1-3-12-20-18(13-15-8-5-4-6-9-15)16-10-7-11-17(19)14(16)2/h7,10-11,15,18,20H,3-6,8-9,12-13H2,1-2H3. The van der Waals surface area contributed by atoms with Crippen LogP contribution in [0.15, 0.2) is 18.2 Å². The molecule has 1 fully saturated rings. The van der Waals surface area contributed by atoms with E-state index in [-0.39, 0.29) is 0 Å². The maximum atomic E-state index is 6.31. The van der Waals surface area contributed by atoms with Gasteiger partial charge in [0.15, 0.2) is 0 Å². The zero-order valence-electron chi connectivity index (χ0n) is 12.9. The topological polar surface area (TPSA) is 12.0 Å². The minimum absolute atomic E-state index is 0.469. The van der Waals surface area contributed by atoms with Crippen LogP contribution in [-0.4, -0.2) is 6.54 Å². The molecule has 0 saturated heterocycles. The van der Waals surface area contributed by atoms with Crippen molar-refractivity contribution in [3.8, 4) is 0 Å². The van der Waals surface area contributed by atoms with Gasteiger partial charge in [0, 0.05) is 11.1 Å². The van der Waals surface area contributed by atoms with Gasteiger partial charge < -0.3 is 5.32 Å². The highest BCUT2D eigenvalue weighted by atomic mass is 35.5. The molecule has 1 nitrogen and oxygen atoms in total. The smallest absolute Gasteiger partial charge is 0.0438 e. The van der Waals surface area contributed by atoms with Gasteiger partial charge in [0.2, 0.25) is 0 Å². The summed E-state index contributed by atoms with van der Waals surface area (Å²) in [5.74, 6) is 0.886. The summed E-state index contributed by atoms with van der Waals surface area (Å²) in [5, 5.41) is 4.64. The van der Waals surface area contributed by atoms with E-state index < -0.39 is 0 Å². The monoisotopic (exact) mass is 293 g/mol. The van der Waals surface area contributed by atoms with E-state index in [1.54, 1.807) is 0 Å². The predicted octanol–water partition coefficient (Wildman–Crippen LogP) is 5.66. The summed E-state index contributed by atoms with van der Waals surface area (Å²) in [6, 6.07) is 6.80. The Bertz CT molecular complexity index is 410. The van der Waals surface area contributed by atoms with Crippen molar-refractivity contribution in [3.05, 3.63) is 34.3 Å². The average Bonchev–Trinajstić information content (AvgIpc) is 2.48. The molecule has 112 valence electrons. The highest BCUT2D eigenvalue weighted by Crippen LogP contribution is 2.34. The van der Waals surface area contributed by atoms with E-state index in [4.69, 9.17) is 11.6 Å². The van der Waals surface area contributed by atoms with E-state index in [1.165, 1.54) is 56.1 Å². The molecule has 0 radical (unpaired) electrons. The Labute approximate surface area is 129 Å². The quantitative estimate of drug-likeness (QED) is 0.713. The highest BCUT2D eigenvalue weighted by molar-refractivity contribution is 6.31. The van der Waals surface area contributed by atoms with E-state index in [2.05, 4.69) is 31.3 Å². The number of nitrogens with one attached hydrogen (secondary N) is 1. The van der Waals surface area contributed by atoms with Crippen molar-refractivity contribution in [2.75, 3.05) is 6.54 Å². The molecular formula is C18H28ClN. The summed E-state index contributed by atoms with van der Waals surface area (Å²) < 4.78 is 0. The molecule has 0 bridgehead atoms. The lowest BCUT2D eigenvalue weighted by molar-refractivity contribution is 0.299. The normalized spacial score (nSPS) is 18.1. The molecule has 0 aliphatic heterocycles. The van der Waals surface area contributed by atoms with E-state index in [1.807, 2.05) is 6.07 Å². The molecular weight excluding hydrogens is 266 g/mol. The number of rotatable bonds is 6. The lowest BCUT2D eigenvalue weighted by Crippen LogP contribution is -2.26. The molecule has 1 aliphatic rings. The Morgan fingerprint density at radius 2 is 2.00 bits per heavy atom. The molecule has 1 N–H and O–H groups in total. The molecule has 2 rings (SSSR count). The lowest BCUT2D eigenvalue weighted by Gasteiger charge is -2.28. The third-order valence-corrected chi connectivity index (χ3v) is 5.03. The van der Waals surface area contributed by atoms with Crippen LogP contribution in [0.25, 0.3) is 0 Å². The summed E-state index contributed by atoms with van der Waals surface area (Å²) in [7, 11) is 0. The first-order valence-electron chi connectivity index (χ1n) is 8.20. The van der Waals surface area contributed by atoms with E-state index in [0.29, 0.717) is 6.04 Å². The van der Waals surface area contributed by atoms with Crippen LogP contribution in [0, 0.1) is 12.8 Å². The van der Waals surface area contributed by atoms with E-state index >= 15 is 0 Å². The van der Waals surface area contributed by atoms with Crippen LogP contribution < -0.4 is 5.32 Å². The first-order valence-corrected chi connectivity index (χ1v) is 8.58. The predicted molar refractivity (Wildman–Crippen MR) is 88.4 cm³/mol. The minimum atomic E-state index is 0.469. The van der Waals surface area contributed by atoms with Crippen LogP contribution in [0.5, 0.6) is 0 Å². The average molecular weight is 294 g/mol. The summed E-state index contributed by atoms with van der Waals surface area (Å²) >= 11 is 6.31. The SMILES string of the molecule is CCCNC(CC1CCCCC1)c1cccc(Cl)c1C. The summed E-state index contributed by atoms with van der Waals surface area (Å²) in [5.41, 5.74) is 2.65. The lowest BCUT2D eigenvalue weighted by atomic mass is 9.82. The molecule has 1 aromatic rings. The van der Waals surface area contributed by atoms with Crippen molar-refractivity contribution >= 4 is 11.6 Å². The molecule has 0 aromatic heterocycles. The Balaban J connectivity index is 2.11. The third-order valence-electron chi connectivity index (χ3n) is 4.62. The zero-order chi connectivity index (χ0) is 14.4. The van der Waals surface area contributed by atoms with Crippen LogP contribution >= 0.6 is 11.6 Å². The number of hydrogen-bond donors (Lipinski definition) is 1. The third kappa shape index (κ3) is 4.23. The Hall–Kier alpha value is -0.530. The van der Waals surface area contributed by atoms with Gasteiger partial charge in [-0.2, -0.15) is 0 Å². The van der Waals surface area contributed by atoms with Crippen LogP contribution in [0.1, 0.15) is 69.0 Å². The maximum absolute atomic E-state index is 6.31. The Kier molecular flexibility index (Phi) is 6.38. The fourth-order valence-electron chi connectivity index (χ4n) is 3.40. The van der Waals surface area contributed by atoms with Crippen molar-refractivity contribution < 1.29 is 0 Å². The first kappa shape index (κ1) is 15.9. The molecule has 20 heavy (non-hydrogen) atoms. The molecule has 1 atom stereocenters. The maximum Gasteiger partial charge on any atom is 0.0438 e. The second-order valence-electron chi connectivity index (χ2n) is 6.20. The molecule has 0 amide bonds. The Morgan fingerprint density at radius 1 is 1.25 bits per heavy atom. The van der Waals surface area contributed by atoms with Crippen molar-refractivity contribution in [1.82, 2.24) is 5.32 Å². The summed E-state index contributed by atoms with van der Waals surface area (Å²) in [6.45, 7) is 5.47. The molecule has 2 heteroatoms. The number of halogens is 1. The van der Waals surface area contributed by atoms with Gasteiger partial charge in [-0.15, -0.1) is 0 Å². The van der Waals surface area contributed by atoms with E-state index in [9.17, 15) is 0 Å². The van der Waals surface area contributed by atoms with Crippen LogP contribution in [0.3, 0.4) is 0 Å². The minimum Gasteiger partial charge on any atom is -0.310 e. The molecule has 1 aromatic carbocycles. The van der Waals surface area contributed by atoms with Gasteiger partial charge >= 0.3 is 0 Å². The van der Waals surface area contributed by atoms with Gasteiger partial charge in [0.05, 0.1) is 0 Å². The molecule has 0 spiro atoms. The van der Waals surface area contributed by atoms with Crippen LogP contribution in [-0.2, 0) is 0 Å². The van der Waals surface area contributed by atoms with Gasteiger partial charge in [-0.3, -0.25) is 0 Å². The second kappa shape index (κ2) is 8.05. The second-order valence-corrected chi connectivity index (χ2v) is 6.61. The van der Waals surface area contributed by atoms with Gasteiger partial charge in [-0.1, -0.05) is 62.8 Å². The van der Waals surface area contributed by atoms with Crippen molar-refractivity contribution in [1.29, 1.82) is 0 Å². The largest absolute Gasteiger partial charge is 0.310 e. The van der Waals surface area contributed by atoms with Crippen LogP contribution in [0.4, 0.5) is 0 Å². The Morgan fingerprint density at radius 3 is 2.70 bits per heavy atom. The molecule has 0 heterocycles. The van der Waals surface area contributed by atoms with Crippen molar-refractivity contribution in [3.63, 3.8) is 0 Å². The molecule has 1 saturated carbocycles. The van der Waals surface area contributed by atoms with Gasteiger partial charge in [-0.25, -0.2) is 0 Å². The van der Waals surface area contributed by atoms with Crippen molar-refractivity contribution in [2.45, 2.75) is 64.8 Å². The van der Waals surface area contributed by atoms with Gasteiger partial charge in [-0.05, 0) is 49.4 Å².